The molecule has 5 rings (SSSR count). The van der Waals surface area contributed by atoms with Crippen LogP contribution in [0, 0.1) is 18.3 Å². The number of nitrogens with one attached hydrogen (secondary N) is 1. The molecule has 5 aromatic rings. The van der Waals surface area contributed by atoms with E-state index in [9.17, 15) is 28.0 Å². The number of alkyl halides is 3. The summed E-state index contributed by atoms with van der Waals surface area (Å²) in [6.07, 6.45) is -2.72. The molecule has 0 saturated carbocycles. The third-order valence-electron chi connectivity index (χ3n) is 6.90. The molecule has 1 amide bonds. The van der Waals surface area contributed by atoms with E-state index < -0.39 is 23.5 Å². The summed E-state index contributed by atoms with van der Waals surface area (Å²) in [5.74, 6) is 0. The summed E-state index contributed by atoms with van der Waals surface area (Å²) in [6.45, 7) is 2.48. The lowest BCUT2D eigenvalue weighted by Crippen LogP contribution is -2.38. The van der Waals surface area contributed by atoms with Crippen LogP contribution in [0.5, 0.6) is 0 Å². The van der Waals surface area contributed by atoms with E-state index in [4.69, 9.17) is 0 Å². The number of imidazole rings is 1. The summed E-state index contributed by atoms with van der Waals surface area (Å²) in [4.78, 5) is 32.2. The molecule has 0 aliphatic heterocycles. The average Bonchev–Trinajstić information content (AvgIpc) is 3.69. The number of rotatable bonds is 8. The molecular formula is C31H30F3N8O2S+. The largest absolute Gasteiger partial charge is 0.416 e. The van der Waals surface area contributed by atoms with Crippen molar-refractivity contribution in [3.8, 4) is 28.8 Å². The fraction of sp³-hybridized carbons (Fsp3) is 0.258. The van der Waals surface area contributed by atoms with Gasteiger partial charge in [-0.2, -0.15) is 23.5 Å². The van der Waals surface area contributed by atoms with Gasteiger partial charge in [-0.15, -0.1) is 11.3 Å². The Balaban J connectivity index is 1.55. The Hall–Kier alpha value is -5.00. The first-order chi connectivity index (χ1) is 21.3. The van der Waals surface area contributed by atoms with Crippen LogP contribution in [0.15, 0.2) is 71.0 Å². The van der Waals surface area contributed by atoms with Crippen molar-refractivity contribution < 1.29 is 22.4 Å². The molecule has 0 bridgehead atoms. The number of hydrogen-bond acceptors (Lipinski definition) is 6. The quantitative estimate of drug-likeness (QED) is 0.237. The van der Waals surface area contributed by atoms with Gasteiger partial charge in [-0.25, -0.2) is 23.8 Å². The van der Waals surface area contributed by atoms with Crippen molar-refractivity contribution in [1.29, 1.82) is 5.26 Å². The number of carbonyl (C=O) groups excluding carboxylic acids is 1. The third-order valence-corrected chi connectivity index (χ3v) is 7.85. The predicted molar refractivity (Wildman–Crippen MR) is 163 cm³/mol. The van der Waals surface area contributed by atoms with Crippen LogP contribution in [0.2, 0.25) is 0 Å². The maximum Gasteiger partial charge on any atom is 0.416 e. The van der Waals surface area contributed by atoms with Crippen LogP contribution in [0.25, 0.3) is 22.8 Å². The lowest BCUT2D eigenvalue weighted by Gasteiger charge is -2.22. The van der Waals surface area contributed by atoms with Crippen LogP contribution in [0.3, 0.4) is 0 Å². The van der Waals surface area contributed by atoms with Crippen molar-refractivity contribution in [1.82, 2.24) is 29.2 Å². The first-order valence-corrected chi connectivity index (χ1v) is 14.7. The second kappa shape index (κ2) is 12.2. The minimum Gasteiger partial charge on any atom is -0.337 e. The Bertz CT molecular complexity index is 1950. The zero-order chi connectivity index (χ0) is 32.5. The van der Waals surface area contributed by atoms with E-state index in [1.807, 2.05) is 11.4 Å². The molecule has 14 heteroatoms. The molecule has 45 heavy (non-hydrogen) atoms. The average molecular weight is 636 g/mol. The second-order valence-electron chi connectivity index (χ2n) is 11.4. The Morgan fingerprint density at radius 3 is 2.49 bits per heavy atom. The van der Waals surface area contributed by atoms with Gasteiger partial charge in [0.2, 0.25) is 0 Å². The lowest BCUT2D eigenvalue weighted by molar-refractivity contribution is -0.884. The second-order valence-corrected chi connectivity index (χ2v) is 12.3. The zero-order valence-corrected chi connectivity index (χ0v) is 25.8. The highest BCUT2D eigenvalue weighted by Gasteiger charge is 2.32. The first-order valence-electron chi connectivity index (χ1n) is 13.9. The zero-order valence-electron chi connectivity index (χ0n) is 25.0. The molecule has 0 spiro atoms. The van der Waals surface area contributed by atoms with Gasteiger partial charge >= 0.3 is 17.9 Å². The van der Waals surface area contributed by atoms with Crippen LogP contribution in [0.1, 0.15) is 27.5 Å². The van der Waals surface area contributed by atoms with E-state index in [0.717, 1.165) is 38.5 Å². The van der Waals surface area contributed by atoms with Gasteiger partial charge in [-0.3, -0.25) is 4.57 Å². The number of carbonyl (C=O) groups is 1. The Labute approximate surface area is 260 Å². The summed E-state index contributed by atoms with van der Waals surface area (Å²) in [6, 6.07) is 13.8. The molecule has 3 heterocycles. The van der Waals surface area contributed by atoms with Crippen molar-refractivity contribution >= 4 is 17.4 Å². The maximum absolute atomic E-state index is 13.9. The van der Waals surface area contributed by atoms with Gasteiger partial charge in [0.1, 0.15) is 17.9 Å². The van der Waals surface area contributed by atoms with Gasteiger partial charge in [0.15, 0.2) is 0 Å². The van der Waals surface area contributed by atoms with Crippen LogP contribution in [-0.2, 0) is 19.1 Å². The number of amides is 1. The fourth-order valence-corrected chi connectivity index (χ4v) is 5.75. The molecule has 0 radical (unpaired) electrons. The normalized spacial score (nSPS) is 11.9. The highest BCUT2D eigenvalue weighted by Crippen LogP contribution is 2.32. The molecular weight excluding hydrogens is 605 g/mol. The number of nitrogens with zero attached hydrogens (tertiary/aromatic N) is 7. The molecule has 2 aromatic carbocycles. The first kappa shape index (κ1) is 31.4. The van der Waals surface area contributed by atoms with Gasteiger partial charge in [0, 0.05) is 18.3 Å². The van der Waals surface area contributed by atoms with Crippen LogP contribution < -0.4 is 11.0 Å². The van der Waals surface area contributed by atoms with Crippen molar-refractivity contribution in [2.24, 2.45) is 0 Å². The summed E-state index contributed by atoms with van der Waals surface area (Å²) >= 11 is 1.48. The van der Waals surface area contributed by atoms with Gasteiger partial charge in [-0.05, 0) is 55.5 Å². The molecule has 232 valence electrons. The molecule has 3 aromatic heterocycles. The molecule has 0 aliphatic rings. The SMILES string of the molecule is Cc1c(-c2ccnn2-c2ccc(C#N)cc2)n(C(=O)NCCc2nc(C[N+](C)(C)C)cs2)c(=O)n1-c1cccc(C(F)(F)F)c1. The van der Waals surface area contributed by atoms with E-state index in [1.54, 1.807) is 37.3 Å². The van der Waals surface area contributed by atoms with Crippen molar-refractivity contribution in [3.05, 3.63) is 104 Å². The summed E-state index contributed by atoms with van der Waals surface area (Å²) < 4.78 is 45.0. The number of hydrogen-bond donors (Lipinski definition) is 1. The fourth-order valence-electron chi connectivity index (χ4n) is 4.96. The smallest absolute Gasteiger partial charge is 0.337 e. The molecule has 0 saturated heterocycles. The van der Waals surface area contributed by atoms with Gasteiger partial charge in [0.25, 0.3) is 0 Å². The van der Waals surface area contributed by atoms with Crippen LogP contribution in [-0.4, -0.2) is 62.1 Å². The van der Waals surface area contributed by atoms with Crippen molar-refractivity contribution in [2.45, 2.75) is 26.1 Å². The molecule has 10 nitrogen and oxygen atoms in total. The predicted octanol–water partition coefficient (Wildman–Crippen LogP) is 5.15. The van der Waals surface area contributed by atoms with Crippen LogP contribution >= 0.6 is 11.3 Å². The van der Waals surface area contributed by atoms with Gasteiger partial charge < -0.3 is 9.80 Å². The van der Waals surface area contributed by atoms with Crippen molar-refractivity contribution in [3.63, 3.8) is 0 Å². The van der Waals surface area contributed by atoms with Crippen LogP contribution in [0.4, 0.5) is 18.0 Å². The highest BCUT2D eigenvalue weighted by molar-refractivity contribution is 7.09. The van der Waals surface area contributed by atoms with E-state index in [1.165, 1.54) is 34.3 Å². The number of halogens is 3. The monoisotopic (exact) mass is 635 g/mol. The number of benzene rings is 2. The minimum atomic E-state index is -4.63. The molecule has 0 unspecified atom stereocenters. The number of aromatic nitrogens is 5. The Morgan fingerprint density at radius 2 is 1.82 bits per heavy atom. The molecule has 0 atom stereocenters. The maximum atomic E-state index is 13.9. The number of thiazole rings is 1. The van der Waals surface area contributed by atoms with Gasteiger partial charge in [0.05, 0.1) is 72.3 Å². The number of nitriles is 1. The summed E-state index contributed by atoms with van der Waals surface area (Å²) in [5, 5.41) is 19.1. The Kier molecular flexibility index (Phi) is 8.51. The minimum absolute atomic E-state index is 0.0443. The molecule has 0 fully saturated rings. The number of quaternary nitrogens is 1. The van der Waals surface area contributed by atoms with E-state index in [2.05, 4.69) is 36.5 Å². The summed E-state index contributed by atoms with van der Waals surface area (Å²) in [7, 11) is 6.19. The summed E-state index contributed by atoms with van der Waals surface area (Å²) in [5.41, 5.74) is 0.834. The van der Waals surface area contributed by atoms with E-state index in [0.29, 0.717) is 27.8 Å². The topological polar surface area (TPSA) is 111 Å². The van der Waals surface area contributed by atoms with E-state index >= 15 is 0 Å². The van der Waals surface area contributed by atoms with Gasteiger partial charge in [-0.1, -0.05) is 6.07 Å². The highest BCUT2D eigenvalue weighted by atomic mass is 32.1. The molecule has 1 N–H and O–H groups in total. The standard InChI is InChI=1S/C31H29F3N8O2S/c1-20-28(26-12-15-37-41(26)24-10-8-21(17-35)9-11-24)40(30(44)39(20)25-7-5-6-22(16-25)31(32,33)34)29(43)36-14-13-27-38-23(19-45-27)18-42(2,3)4/h5-12,15-16,19H,13-14,18H2,1-4H3/p+1. The Morgan fingerprint density at radius 1 is 1.09 bits per heavy atom. The lowest BCUT2D eigenvalue weighted by atomic mass is 10.2. The third kappa shape index (κ3) is 6.74. The van der Waals surface area contributed by atoms with E-state index in [-0.39, 0.29) is 23.6 Å². The molecule has 0 aliphatic carbocycles. The van der Waals surface area contributed by atoms with Crippen molar-refractivity contribution in [2.75, 3.05) is 27.7 Å².